The molecule has 1 aromatic rings. The Hall–Kier alpha value is -0.540. The van der Waals surface area contributed by atoms with E-state index >= 15 is 0 Å². The zero-order valence-electron chi connectivity index (χ0n) is 15.2. The summed E-state index contributed by atoms with van der Waals surface area (Å²) in [4.78, 5) is 6.92. The predicted octanol–water partition coefficient (Wildman–Crippen LogP) is 3.77. The largest absolute Gasteiger partial charge is 0.488 e. The van der Waals surface area contributed by atoms with Crippen LogP contribution in [0.3, 0.4) is 0 Å². The second-order valence-electron chi connectivity index (χ2n) is 6.16. The Bertz CT molecular complexity index is 539. The molecular formula is C18H29BrIN3O2. The fourth-order valence-corrected chi connectivity index (χ4v) is 3.06. The summed E-state index contributed by atoms with van der Waals surface area (Å²) < 4.78 is 12.4. The maximum atomic E-state index is 5.97. The molecule has 2 atom stereocenters. The molecule has 1 heterocycles. The van der Waals surface area contributed by atoms with Gasteiger partial charge < -0.3 is 19.7 Å². The summed E-state index contributed by atoms with van der Waals surface area (Å²) in [5.74, 6) is 2.36. The Morgan fingerprint density at radius 3 is 2.88 bits per heavy atom. The van der Waals surface area contributed by atoms with Gasteiger partial charge in [0.15, 0.2) is 5.96 Å². The number of aliphatic imine (C=N–C) groups is 1. The van der Waals surface area contributed by atoms with Crippen molar-refractivity contribution in [1.29, 1.82) is 0 Å². The molecule has 2 rings (SSSR count). The molecule has 0 bridgehead atoms. The van der Waals surface area contributed by atoms with Gasteiger partial charge in [-0.2, -0.15) is 0 Å². The van der Waals surface area contributed by atoms with Crippen molar-refractivity contribution in [3.05, 3.63) is 28.7 Å². The second kappa shape index (κ2) is 12.0. The highest BCUT2D eigenvalue weighted by molar-refractivity contribution is 14.0. The number of hydrogen-bond donors (Lipinski definition) is 1. The van der Waals surface area contributed by atoms with Crippen molar-refractivity contribution < 1.29 is 9.47 Å². The first kappa shape index (κ1) is 22.5. The van der Waals surface area contributed by atoms with Crippen LogP contribution in [0.5, 0.6) is 5.75 Å². The maximum Gasteiger partial charge on any atom is 0.193 e. The number of halogens is 2. The van der Waals surface area contributed by atoms with E-state index in [0.717, 1.165) is 48.9 Å². The van der Waals surface area contributed by atoms with E-state index in [1.807, 2.05) is 31.2 Å². The Morgan fingerprint density at radius 1 is 1.48 bits per heavy atom. The fraction of sp³-hybridized carbons (Fsp3) is 0.611. The minimum Gasteiger partial charge on any atom is -0.488 e. The number of guanidine groups is 1. The third kappa shape index (κ3) is 7.70. The smallest absolute Gasteiger partial charge is 0.193 e. The van der Waals surface area contributed by atoms with Gasteiger partial charge in [-0.1, -0.05) is 12.1 Å². The molecule has 142 valence electrons. The first-order valence-electron chi connectivity index (χ1n) is 8.58. The van der Waals surface area contributed by atoms with Gasteiger partial charge in [-0.3, -0.25) is 0 Å². The van der Waals surface area contributed by atoms with Gasteiger partial charge in [0.2, 0.25) is 0 Å². The van der Waals surface area contributed by atoms with Gasteiger partial charge in [-0.15, -0.1) is 24.0 Å². The van der Waals surface area contributed by atoms with Crippen LogP contribution in [0.4, 0.5) is 0 Å². The van der Waals surface area contributed by atoms with E-state index in [-0.39, 0.29) is 30.1 Å². The molecule has 0 saturated carbocycles. The van der Waals surface area contributed by atoms with Crippen LogP contribution in [0.15, 0.2) is 33.7 Å². The Morgan fingerprint density at radius 2 is 2.24 bits per heavy atom. The zero-order valence-corrected chi connectivity index (χ0v) is 19.1. The van der Waals surface area contributed by atoms with Crippen LogP contribution >= 0.6 is 39.9 Å². The highest BCUT2D eigenvalue weighted by Gasteiger charge is 2.19. The van der Waals surface area contributed by atoms with Crippen LogP contribution < -0.4 is 10.1 Å². The Balaban J connectivity index is 0.00000312. The van der Waals surface area contributed by atoms with Crippen LogP contribution in [0, 0.1) is 5.92 Å². The van der Waals surface area contributed by atoms with Crippen LogP contribution in [-0.2, 0) is 4.74 Å². The van der Waals surface area contributed by atoms with Crippen molar-refractivity contribution in [2.75, 3.05) is 39.9 Å². The van der Waals surface area contributed by atoms with Gasteiger partial charge in [0.1, 0.15) is 11.9 Å². The molecule has 1 aliphatic heterocycles. The average Bonchev–Trinajstić information content (AvgIpc) is 3.06. The Labute approximate surface area is 176 Å². The molecule has 0 aromatic heterocycles. The molecule has 2 unspecified atom stereocenters. The summed E-state index contributed by atoms with van der Waals surface area (Å²) >= 11 is 3.51. The number of nitrogens with one attached hydrogen (secondary N) is 1. The van der Waals surface area contributed by atoms with E-state index in [4.69, 9.17) is 14.5 Å². The summed E-state index contributed by atoms with van der Waals surface area (Å²) in [6, 6.07) is 7.89. The molecule has 7 heteroatoms. The second-order valence-corrected chi connectivity index (χ2v) is 7.02. The SMILES string of the molecule is CCNC(=NCC(C)Oc1ccccc1Br)N(C)CC1CCOC1.I. The third-order valence-corrected chi connectivity index (χ3v) is 4.57. The molecular weight excluding hydrogens is 497 g/mol. The molecule has 0 aliphatic carbocycles. The fourth-order valence-electron chi connectivity index (χ4n) is 2.68. The number of para-hydroxylation sites is 1. The lowest BCUT2D eigenvalue weighted by Crippen LogP contribution is -2.42. The summed E-state index contributed by atoms with van der Waals surface area (Å²) in [7, 11) is 2.08. The highest BCUT2D eigenvalue weighted by Crippen LogP contribution is 2.24. The van der Waals surface area contributed by atoms with E-state index in [0.29, 0.717) is 12.5 Å². The van der Waals surface area contributed by atoms with Crippen molar-refractivity contribution in [2.24, 2.45) is 10.9 Å². The standard InChI is InChI=1S/C18H28BrN3O2.HI/c1-4-20-18(22(3)12-15-9-10-23-13-15)21-11-14(2)24-17-8-6-5-7-16(17)19;/h5-8,14-15H,4,9-13H2,1-3H3,(H,20,21);1H. The lowest BCUT2D eigenvalue weighted by atomic mass is 10.1. The monoisotopic (exact) mass is 525 g/mol. The number of rotatable bonds is 7. The quantitative estimate of drug-likeness (QED) is 0.334. The summed E-state index contributed by atoms with van der Waals surface area (Å²) in [5.41, 5.74) is 0. The van der Waals surface area contributed by atoms with Crippen LogP contribution in [0.25, 0.3) is 0 Å². The molecule has 1 aliphatic rings. The van der Waals surface area contributed by atoms with Gasteiger partial charge in [-0.25, -0.2) is 4.99 Å². The predicted molar refractivity (Wildman–Crippen MR) is 117 cm³/mol. The molecule has 0 amide bonds. The minimum atomic E-state index is 0. The van der Waals surface area contributed by atoms with Crippen molar-refractivity contribution in [1.82, 2.24) is 10.2 Å². The molecule has 0 spiro atoms. The average molecular weight is 526 g/mol. The first-order chi connectivity index (χ1) is 11.6. The van der Waals surface area contributed by atoms with E-state index < -0.39 is 0 Å². The van der Waals surface area contributed by atoms with Crippen molar-refractivity contribution >= 4 is 45.9 Å². The molecule has 1 N–H and O–H groups in total. The summed E-state index contributed by atoms with van der Waals surface area (Å²) in [6.07, 6.45) is 1.13. The highest BCUT2D eigenvalue weighted by atomic mass is 127. The van der Waals surface area contributed by atoms with Gasteiger partial charge in [-0.05, 0) is 48.3 Å². The normalized spacial score (nSPS) is 18.4. The van der Waals surface area contributed by atoms with Gasteiger partial charge >= 0.3 is 0 Å². The lowest BCUT2D eigenvalue weighted by molar-refractivity contribution is 0.181. The molecule has 5 nitrogen and oxygen atoms in total. The topological polar surface area (TPSA) is 46.1 Å². The van der Waals surface area contributed by atoms with Crippen molar-refractivity contribution in [3.8, 4) is 5.75 Å². The van der Waals surface area contributed by atoms with Crippen LogP contribution in [0.1, 0.15) is 20.3 Å². The maximum absolute atomic E-state index is 5.97. The minimum absolute atomic E-state index is 0. The number of ether oxygens (including phenoxy) is 2. The van der Waals surface area contributed by atoms with E-state index in [1.54, 1.807) is 0 Å². The molecule has 0 radical (unpaired) electrons. The molecule has 1 aromatic carbocycles. The van der Waals surface area contributed by atoms with Crippen LogP contribution in [-0.4, -0.2) is 56.9 Å². The first-order valence-corrected chi connectivity index (χ1v) is 9.37. The van der Waals surface area contributed by atoms with Crippen LogP contribution in [0.2, 0.25) is 0 Å². The lowest BCUT2D eigenvalue weighted by Gasteiger charge is -2.25. The van der Waals surface area contributed by atoms with Crippen molar-refractivity contribution in [2.45, 2.75) is 26.4 Å². The summed E-state index contributed by atoms with van der Waals surface area (Å²) in [6.45, 7) is 8.28. The molecule has 1 fully saturated rings. The van der Waals surface area contributed by atoms with E-state index in [2.05, 4.69) is 40.1 Å². The summed E-state index contributed by atoms with van der Waals surface area (Å²) in [5, 5.41) is 3.36. The van der Waals surface area contributed by atoms with Gasteiger partial charge in [0.05, 0.1) is 17.6 Å². The van der Waals surface area contributed by atoms with E-state index in [1.165, 1.54) is 0 Å². The number of benzene rings is 1. The zero-order chi connectivity index (χ0) is 17.4. The van der Waals surface area contributed by atoms with E-state index in [9.17, 15) is 0 Å². The van der Waals surface area contributed by atoms with Gasteiger partial charge in [0, 0.05) is 32.7 Å². The molecule has 25 heavy (non-hydrogen) atoms. The van der Waals surface area contributed by atoms with Gasteiger partial charge in [0.25, 0.3) is 0 Å². The number of nitrogens with zero attached hydrogens (tertiary/aromatic N) is 2. The Kier molecular flexibility index (Phi) is 10.8. The molecule has 1 saturated heterocycles. The number of hydrogen-bond acceptors (Lipinski definition) is 3. The van der Waals surface area contributed by atoms with Crippen molar-refractivity contribution in [3.63, 3.8) is 0 Å². The third-order valence-electron chi connectivity index (χ3n) is 3.92.